The zero-order valence-corrected chi connectivity index (χ0v) is 13.5. The largest absolute Gasteiger partial charge is 0.479 e. The van der Waals surface area contributed by atoms with Crippen LogP contribution in [-0.4, -0.2) is 17.2 Å². The van der Waals surface area contributed by atoms with E-state index in [1.165, 1.54) is 6.92 Å². The van der Waals surface area contributed by atoms with Gasteiger partial charge in [0.2, 0.25) is 16.9 Å². The molecule has 3 rings (SSSR count). The molecule has 0 aliphatic carbocycles. The third kappa shape index (κ3) is 2.87. The molecule has 23 heavy (non-hydrogen) atoms. The second-order valence-electron chi connectivity index (χ2n) is 4.79. The van der Waals surface area contributed by atoms with Gasteiger partial charge in [-0.05, 0) is 47.1 Å². The highest BCUT2D eigenvalue weighted by atomic mass is 79.9. The molecule has 0 unspecified atom stereocenters. The minimum Gasteiger partial charge on any atom is -0.479 e. The molecule has 0 saturated carbocycles. The quantitative estimate of drug-likeness (QED) is 0.744. The number of benzene rings is 1. The summed E-state index contributed by atoms with van der Waals surface area (Å²) in [5.74, 6) is -1.08. The number of hydrogen-bond donors (Lipinski definition) is 1. The molecule has 0 bridgehead atoms. The third-order valence-electron chi connectivity index (χ3n) is 3.20. The van der Waals surface area contributed by atoms with Gasteiger partial charge in [-0.1, -0.05) is 12.1 Å². The Morgan fingerprint density at radius 3 is 2.61 bits per heavy atom. The van der Waals surface area contributed by atoms with Crippen LogP contribution in [0.5, 0.6) is 5.75 Å². The summed E-state index contributed by atoms with van der Waals surface area (Å²) >= 11 is 3.17. The van der Waals surface area contributed by atoms with Gasteiger partial charge < -0.3 is 18.7 Å². The van der Waals surface area contributed by atoms with Gasteiger partial charge >= 0.3 is 5.97 Å². The highest BCUT2D eigenvalue weighted by Gasteiger charge is 2.24. The van der Waals surface area contributed by atoms with Crippen LogP contribution in [0.15, 0.2) is 54.7 Å². The molecule has 3 aromatic rings. The van der Waals surface area contributed by atoms with E-state index in [-0.39, 0.29) is 17.3 Å². The van der Waals surface area contributed by atoms with Crippen molar-refractivity contribution in [2.45, 2.75) is 13.0 Å². The van der Waals surface area contributed by atoms with E-state index in [4.69, 9.17) is 18.7 Å². The molecule has 118 valence electrons. The van der Waals surface area contributed by atoms with Gasteiger partial charge in [0.15, 0.2) is 16.5 Å². The monoisotopic (exact) mass is 378 g/mol. The third-order valence-corrected chi connectivity index (χ3v) is 3.62. The Labute approximate surface area is 138 Å². The summed E-state index contributed by atoms with van der Waals surface area (Å²) in [6, 6.07) is 9.87. The summed E-state index contributed by atoms with van der Waals surface area (Å²) in [6.45, 7) is 1.33. The van der Waals surface area contributed by atoms with Crippen molar-refractivity contribution in [1.82, 2.24) is 0 Å². The first-order chi connectivity index (χ1) is 11.0. The molecular weight excluding hydrogens is 368 g/mol. The number of furan rings is 1. The predicted molar refractivity (Wildman–Crippen MR) is 85.6 cm³/mol. The highest BCUT2D eigenvalue weighted by molar-refractivity contribution is 9.10. The molecule has 1 atom stereocenters. The van der Waals surface area contributed by atoms with Crippen LogP contribution in [0.4, 0.5) is 0 Å². The number of halogens is 1. The van der Waals surface area contributed by atoms with Gasteiger partial charge in [-0.2, -0.15) is 0 Å². The SMILES string of the molecule is C[C@H](Oc1c(-c2ccc(Br)o2)oc2ccccc2c1=O)C(=O)O. The summed E-state index contributed by atoms with van der Waals surface area (Å²) in [5.41, 5.74) is -0.0992. The topological polar surface area (TPSA) is 89.9 Å². The smallest absolute Gasteiger partial charge is 0.344 e. The number of hydrogen-bond acceptors (Lipinski definition) is 5. The minimum atomic E-state index is -1.21. The van der Waals surface area contributed by atoms with Gasteiger partial charge in [0.1, 0.15) is 5.58 Å². The van der Waals surface area contributed by atoms with Crippen LogP contribution in [0.3, 0.4) is 0 Å². The van der Waals surface area contributed by atoms with Crippen LogP contribution >= 0.6 is 15.9 Å². The number of carbonyl (C=O) groups is 1. The molecule has 7 heteroatoms. The van der Waals surface area contributed by atoms with Crippen LogP contribution in [0, 0.1) is 0 Å². The molecule has 0 spiro atoms. The number of carboxylic acid groups (broad SMARTS) is 1. The van der Waals surface area contributed by atoms with Crippen LogP contribution < -0.4 is 10.2 Å². The maximum Gasteiger partial charge on any atom is 0.344 e. The Morgan fingerprint density at radius 1 is 1.22 bits per heavy atom. The Kier molecular flexibility index (Phi) is 3.96. The molecule has 0 radical (unpaired) electrons. The Bertz CT molecular complexity index is 939. The molecule has 0 fully saturated rings. The molecule has 6 nitrogen and oxygen atoms in total. The average molecular weight is 379 g/mol. The van der Waals surface area contributed by atoms with E-state index in [0.717, 1.165) is 0 Å². The lowest BCUT2D eigenvalue weighted by Crippen LogP contribution is -2.26. The standard InChI is InChI=1S/C16H11BrO6/c1-8(16(19)20)21-15-13(18)9-4-2-3-5-10(9)23-14(15)11-6-7-12(17)22-11/h2-8H,1H3,(H,19,20)/t8-/m0/s1. The lowest BCUT2D eigenvalue weighted by Gasteiger charge is -2.12. The van der Waals surface area contributed by atoms with E-state index >= 15 is 0 Å². The summed E-state index contributed by atoms with van der Waals surface area (Å²) in [7, 11) is 0. The fourth-order valence-electron chi connectivity index (χ4n) is 2.06. The molecule has 1 aromatic carbocycles. The van der Waals surface area contributed by atoms with Gasteiger partial charge in [-0.3, -0.25) is 4.79 Å². The van der Waals surface area contributed by atoms with Crippen molar-refractivity contribution < 1.29 is 23.5 Å². The number of rotatable bonds is 4. The van der Waals surface area contributed by atoms with Gasteiger partial charge in [-0.25, -0.2) is 4.79 Å². The van der Waals surface area contributed by atoms with E-state index < -0.39 is 17.5 Å². The second kappa shape index (κ2) is 5.92. The van der Waals surface area contributed by atoms with Crippen molar-refractivity contribution in [1.29, 1.82) is 0 Å². The Balaban J connectivity index is 2.27. The first kappa shape index (κ1) is 15.4. The zero-order chi connectivity index (χ0) is 16.6. The number of para-hydroxylation sites is 1. The van der Waals surface area contributed by atoms with Crippen molar-refractivity contribution in [2.24, 2.45) is 0 Å². The fourth-order valence-corrected chi connectivity index (χ4v) is 2.36. The van der Waals surface area contributed by atoms with Crippen LogP contribution in [0.2, 0.25) is 0 Å². The number of fused-ring (bicyclic) bond motifs is 1. The predicted octanol–water partition coefficient (Wildman–Crippen LogP) is 3.67. The minimum absolute atomic E-state index is 0.0486. The summed E-state index contributed by atoms with van der Waals surface area (Å²) in [4.78, 5) is 23.7. The second-order valence-corrected chi connectivity index (χ2v) is 5.57. The molecular formula is C16H11BrO6. The maximum atomic E-state index is 12.7. The highest BCUT2D eigenvalue weighted by Crippen LogP contribution is 2.33. The molecule has 2 aromatic heterocycles. The van der Waals surface area contributed by atoms with Crippen molar-refractivity contribution in [3.8, 4) is 17.3 Å². The van der Waals surface area contributed by atoms with Crippen molar-refractivity contribution in [2.75, 3.05) is 0 Å². The van der Waals surface area contributed by atoms with Crippen LogP contribution in [0.1, 0.15) is 6.92 Å². The zero-order valence-electron chi connectivity index (χ0n) is 11.9. The first-order valence-electron chi connectivity index (χ1n) is 6.68. The van der Waals surface area contributed by atoms with Crippen molar-refractivity contribution in [3.05, 3.63) is 51.3 Å². The lowest BCUT2D eigenvalue weighted by atomic mass is 10.2. The average Bonchev–Trinajstić information content (AvgIpc) is 2.96. The van der Waals surface area contributed by atoms with E-state index in [2.05, 4.69) is 15.9 Å². The number of carboxylic acids is 1. The van der Waals surface area contributed by atoms with Crippen LogP contribution in [-0.2, 0) is 4.79 Å². The summed E-state index contributed by atoms with van der Waals surface area (Å²) in [6.07, 6.45) is -1.21. The van der Waals surface area contributed by atoms with Gasteiger partial charge in [0, 0.05) is 0 Å². The Hall–Kier alpha value is -2.54. The lowest BCUT2D eigenvalue weighted by molar-refractivity contribution is -0.144. The van der Waals surface area contributed by atoms with E-state index in [0.29, 0.717) is 15.6 Å². The number of aliphatic carboxylic acids is 1. The summed E-state index contributed by atoms with van der Waals surface area (Å²) < 4.78 is 16.9. The molecule has 2 heterocycles. The van der Waals surface area contributed by atoms with Crippen molar-refractivity contribution >= 4 is 32.9 Å². The molecule has 0 saturated heterocycles. The fraction of sp³-hybridized carbons (Fsp3) is 0.125. The van der Waals surface area contributed by atoms with Gasteiger partial charge in [0.25, 0.3) is 0 Å². The van der Waals surface area contributed by atoms with Gasteiger partial charge in [-0.15, -0.1) is 0 Å². The van der Waals surface area contributed by atoms with E-state index in [1.54, 1.807) is 36.4 Å². The Morgan fingerprint density at radius 2 is 1.96 bits per heavy atom. The molecule has 0 aliphatic rings. The number of ether oxygens (including phenoxy) is 1. The molecule has 0 aliphatic heterocycles. The molecule has 0 amide bonds. The van der Waals surface area contributed by atoms with Gasteiger partial charge in [0.05, 0.1) is 5.39 Å². The molecule has 1 N–H and O–H groups in total. The normalized spacial score (nSPS) is 12.3. The van der Waals surface area contributed by atoms with E-state index in [1.807, 2.05) is 0 Å². The van der Waals surface area contributed by atoms with Crippen LogP contribution in [0.25, 0.3) is 22.5 Å². The first-order valence-corrected chi connectivity index (χ1v) is 7.47. The maximum absolute atomic E-state index is 12.7. The van der Waals surface area contributed by atoms with E-state index in [9.17, 15) is 9.59 Å². The summed E-state index contributed by atoms with van der Waals surface area (Å²) in [5, 5.41) is 9.32. The van der Waals surface area contributed by atoms with Crippen molar-refractivity contribution in [3.63, 3.8) is 0 Å².